The van der Waals surface area contributed by atoms with Gasteiger partial charge >= 0.3 is 0 Å². The molecule has 0 spiro atoms. The van der Waals surface area contributed by atoms with E-state index >= 15 is 0 Å². The van der Waals surface area contributed by atoms with Crippen molar-refractivity contribution in [1.29, 1.82) is 0 Å². The summed E-state index contributed by atoms with van der Waals surface area (Å²) in [6, 6.07) is 3.37. The van der Waals surface area contributed by atoms with Gasteiger partial charge in [-0.25, -0.2) is 0 Å². The van der Waals surface area contributed by atoms with Crippen molar-refractivity contribution in [3.63, 3.8) is 0 Å². The van der Waals surface area contributed by atoms with Crippen LogP contribution in [0.4, 0.5) is 0 Å². The Kier molecular flexibility index (Phi) is 2.21. The highest BCUT2D eigenvalue weighted by molar-refractivity contribution is 9.10. The summed E-state index contributed by atoms with van der Waals surface area (Å²) in [5.41, 5.74) is 0.950. The molecular weight excluding hydrogens is 215 g/mol. The smallest absolute Gasteiger partial charge is 0.131 e. The van der Waals surface area contributed by atoms with Gasteiger partial charge in [-0.05, 0) is 34.5 Å². The Labute approximate surface area is 72.8 Å². The lowest BCUT2D eigenvalue weighted by atomic mass is 10.2. The molecular formula is C7H6BrClO. The lowest BCUT2D eigenvalue weighted by molar-refractivity contribution is 0.472. The quantitative estimate of drug-likeness (QED) is 0.714. The molecule has 0 aliphatic rings. The van der Waals surface area contributed by atoms with Crippen LogP contribution in [0, 0.1) is 6.92 Å². The van der Waals surface area contributed by atoms with Gasteiger partial charge in [0.05, 0.1) is 9.50 Å². The summed E-state index contributed by atoms with van der Waals surface area (Å²) < 4.78 is 0.564. The summed E-state index contributed by atoms with van der Waals surface area (Å²) in [5, 5.41) is 9.66. The van der Waals surface area contributed by atoms with Crippen LogP contribution in [-0.2, 0) is 0 Å². The van der Waals surface area contributed by atoms with E-state index in [0.717, 1.165) is 5.56 Å². The standard InChI is InChI=1S/C7H6BrClO/c1-4-2-3-5(10)6(8)7(4)9/h2-3,10H,1H3. The first-order chi connectivity index (χ1) is 4.63. The van der Waals surface area contributed by atoms with Crippen LogP contribution in [0.5, 0.6) is 5.75 Å². The van der Waals surface area contributed by atoms with Gasteiger partial charge in [0.1, 0.15) is 5.75 Å². The molecule has 1 rings (SSSR count). The van der Waals surface area contributed by atoms with Crippen molar-refractivity contribution in [3.8, 4) is 5.75 Å². The van der Waals surface area contributed by atoms with Crippen molar-refractivity contribution in [1.82, 2.24) is 0 Å². The molecule has 0 aliphatic heterocycles. The summed E-state index contributed by atoms with van der Waals surface area (Å²) in [6.07, 6.45) is 0. The van der Waals surface area contributed by atoms with E-state index in [1.54, 1.807) is 12.1 Å². The Bertz CT molecular complexity index is 233. The second-order valence-corrected chi connectivity index (χ2v) is 3.20. The van der Waals surface area contributed by atoms with Crippen LogP contribution in [0.25, 0.3) is 0 Å². The second-order valence-electron chi connectivity index (χ2n) is 2.03. The maximum absolute atomic E-state index is 9.09. The second kappa shape index (κ2) is 2.81. The lowest BCUT2D eigenvalue weighted by Crippen LogP contribution is -1.76. The molecule has 0 aliphatic carbocycles. The van der Waals surface area contributed by atoms with E-state index in [2.05, 4.69) is 15.9 Å². The number of hydrogen-bond acceptors (Lipinski definition) is 1. The average molecular weight is 221 g/mol. The molecule has 3 heteroatoms. The fourth-order valence-corrected chi connectivity index (χ4v) is 1.24. The highest BCUT2D eigenvalue weighted by Crippen LogP contribution is 2.33. The maximum Gasteiger partial charge on any atom is 0.131 e. The first kappa shape index (κ1) is 7.89. The number of hydrogen-bond donors (Lipinski definition) is 1. The number of phenolic OH excluding ortho intramolecular Hbond substituents is 1. The van der Waals surface area contributed by atoms with Gasteiger partial charge in [0, 0.05) is 0 Å². The summed E-state index contributed by atoms with van der Waals surface area (Å²) in [5.74, 6) is 0.176. The Morgan fingerprint density at radius 3 is 2.60 bits per heavy atom. The molecule has 1 N–H and O–H groups in total. The van der Waals surface area contributed by atoms with E-state index in [4.69, 9.17) is 16.7 Å². The summed E-state index contributed by atoms with van der Waals surface area (Å²) in [4.78, 5) is 0. The molecule has 0 atom stereocenters. The monoisotopic (exact) mass is 220 g/mol. The third kappa shape index (κ3) is 1.27. The van der Waals surface area contributed by atoms with Gasteiger partial charge in [-0.1, -0.05) is 17.7 Å². The van der Waals surface area contributed by atoms with Crippen molar-refractivity contribution >= 4 is 27.5 Å². The fourth-order valence-electron chi connectivity index (χ4n) is 0.636. The van der Waals surface area contributed by atoms with Crippen molar-refractivity contribution in [2.45, 2.75) is 6.92 Å². The van der Waals surface area contributed by atoms with E-state index in [0.29, 0.717) is 9.50 Å². The van der Waals surface area contributed by atoms with Crippen LogP contribution in [-0.4, -0.2) is 5.11 Å². The zero-order valence-corrected chi connectivity index (χ0v) is 7.70. The van der Waals surface area contributed by atoms with E-state index in [9.17, 15) is 0 Å². The number of benzene rings is 1. The highest BCUT2D eigenvalue weighted by Gasteiger charge is 2.03. The minimum absolute atomic E-state index is 0.176. The molecule has 1 aromatic rings. The van der Waals surface area contributed by atoms with E-state index in [1.165, 1.54) is 0 Å². The SMILES string of the molecule is Cc1ccc(O)c(Br)c1Cl. The Balaban J connectivity index is 3.34. The number of rotatable bonds is 0. The third-order valence-electron chi connectivity index (χ3n) is 1.26. The molecule has 0 unspecified atom stereocenters. The molecule has 1 aromatic carbocycles. The molecule has 54 valence electrons. The van der Waals surface area contributed by atoms with E-state index in [-0.39, 0.29) is 5.75 Å². The van der Waals surface area contributed by atoms with Gasteiger partial charge < -0.3 is 5.11 Å². The lowest BCUT2D eigenvalue weighted by Gasteiger charge is -2.01. The summed E-state index contributed by atoms with van der Waals surface area (Å²) in [6.45, 7) is 1.88. The Hall–Kier alpha value is -0.210. The van der Waals surface area contributed by atoms with Gasteiger partial charge in [0.25, 0.3) is 0 Å². The average Bonchev–Trinajstić information content (AvgIpc) is 1.93. The van der Waals surface area contributed by atoms with E-state index in [1.807, 2.05) is 6.92 Å². The first-order valence-electron chi connectivity index (χ1n) is 2.76. The zero-order chi connectivity index (χ0) is 7.72. The number of halogens is 2. The topological polar surface area (TPSA) is 20.2 Å². The zero-order valence-electron chi connectivity index (χ0n) is 5.36. The van der Waals surface area contributed by atoms with Crippen LogP contribution < -0.4 is 0 Å². The van der Waals surface area contributed by atoms with Gasteiger partial charge in [-0.2, -0.15) is 0 Å². The van der Waals surface area contributed by atoms with Crippen molar-refractivity contribution in [2.24, 2.45) is 0 Å². The van der Waals surface area contributed by atoms with Gasteiger partial charge in [0.2, 0.25) is 0 Å². The minimum atomic E-state index is 0.176. The first-order valence-corrected chi connectivity index (χ1v) is 3.93. The Morgan fingerprint density at radius 2 is 2.10 bits per heavy atom. The molecule has 0 amide bonds. The molecule has 0 saturated heterocycles. The molecule has 0 aromatic heterocycles. The third-order valence-corrected chi connectivity index (χ3v) is 2.77. The minimum Gasteiger partial charge on any atom is -0.507 e. The summed E-state index contributed by atoms with van der Waals surface area (Å²) >= 11 is 8.92. The molecule has 0 saturated carbocycles. The molecule has 0 radical (unpaired) electrons. The van der Waals surface area contributed by atoms with E-state index < -0.39 is 0 Å². The fraction of sp³-hybridized carbons (Fsp3) is 0.143. The Morgan fingerprint density at radius 1 is 1.50 bits per heavy atom. The van der Waals surface area contributed by atoms with Gasteiger partial charge in [-0.15, -0.1) is 0 Å². The largest absolute Gasteiger partial charge is 0.507 e. The highest BCUT2D eigenvalue weighted by atomic mass is 79.9. The normalized spacial score (nSPS) is 9.90. The molecule has 10 heavy (non-hydrogen) atoms. The molecule has 1 nitrogen and oxygen atoms in total. The van der Waals surface area contributed by atoms with Gasteiger partial charge in [-0.3, -0.25) is 0 Å². The van der Waals surface area contributed by atoms with Crippen molar-refractivity contribution in [2.75, 3.05) is 0 Å². The van der Waals surface area contributed by atoms with Crippen molar-refractivity contribution in [3.05, 3.63) is 27.2 Å². The van der Waals surface area contributed by atoms with Crippen LogP contribution in [0.1, 0.15) is 5.56 Å². The predicted octanol–water partition coefficient (Wildman–Crippen LogP) is 3.12. The number of aromatic hydroxyl groups is 1. The summed E-state index contributed by atoms with van der Waals surface area (Å²) in [7, 11) is 0. The predicted molar refractivity (Wildman–Crippen MR) is 45.6 cm³/mol. The molecule has 0 heterocycles. The molecule has 0 bridgehead atoms. The number of phenols is 1. The van der Waals surface area contributed by atoms with Gasteiger partial charge in [0.15, 0.2) is 0 Å². The maximum atomic E-state index is 9.09. The van der Waals surface area contributed by atoms with Crippen LogP contribution in [0.3, 0.4) is 0 Å². The van der Waals surface area contributed by atoms with Crippen LogP contribution in [0.15, 0.2) is 16.6 Å². The van der Waals surface area contributed by atoms with Crippen molar-refractivity contribution < 1.29 is 5.11 Å². The van der Waals surface area contributed by atoms with Crippen LogP contribution in [0.2, 0.25) is 5.02 Å². The molecule has 0 fully saturated rings. The van der Waals surface area contributed by atoms with Crippen LogP contribution >= 0.6 is 27.5 Å². The number of aryl methyl sites for hydroxylation is 1.